The van der Waals surface area contributed by atoms with Gasteiger partial charge in [-0.25, -0.2) is 0 Å². The summed E-state index contributed by atoms with van der Waals surface area (Å²) >= 11 is 0. The van der Waals surface area contributed by atoms with Crippen LogP contribution in [-0.2, 0) is 4.79 Å². The van der Waals surface area contributed by atoms with Gasteiger partial charge in [0, 0.05) is 5.54 Å². The fourth-order valence-electron chi connectivity index (χ4n) is 3.49. The highest BCUT2D eigenvalue weighted by molar-refractivity contribution is 5.68. The van der Waals surface area contributed by atoms with Crippen LogP contribution in [0.5, 0.6) is 0 Å². The smallest absolute Gasteiger partial charge is 0.305 e. The van der Waals surface area contributed by atoms with Crippen LogP contribution in [0.1, 0.15) is 84.0 Å². The maximum absolute atomic E-state index is 10.9. The summed E-state index contributed by atoms with van der Waals surface area (Å²) in [5.74, 6) is 0.162. The minimum Gasteiger partial charge on any atom is -0.481 e. The quantitative estimate of drug-likeness (QED) is 0.619. The summed E-state index contributed by atoms with van der Waals surface area (Å²) in [5.41, 5.74) is 5.77. The third-order valence-electron chi connectivity index (χ3n) is 4.51. The monoisotopic (exact) mass is 269 g/mol. The van der Waals surface area contributed by atoms with Crippen LogP contribution in [0.15, 0.2) is 0 Å². The molecule has 0 aromatic carbocycles. The van der Waals surface area contributed by atoms with Crippen molar-refractivity contribution in [2.45, 2.75) is 89.5 Å². The molecule has 112 valence electrons. The van der Waals surface area contributed by atoms with Gasteiger partial charge in [0.25, 0.3) is 0 Å². The van der Waals surface area contributed by atoms with Crippen LogP contribution < -0.4 is 5.73 Å². The molecule has 0 aromatic heterocycles. The Hall–Kier alpha value is -0.570. The third kappa shape index (κ3) is 6.95. The van der Waals surface area contributed by atoms with Crippen molar-refractivity contribution in [1.82, 2.24) is 0 Å². The first kappa shape index (κ1) is 16.5. The molecule has 0 radical (unpaired) electrons. The largest absolute Gasteiger partial charge is 0.481 e. The molecule has 1 aliphatic carbocycles. The van der Waals surface area contributed by atoms with Crippen molar-refractivity contribution in [2.75, 3.05) is 0 Å². The molecule has 1 unspecified atom stereocenters. The van der Waals surface area contributed by atoms with Gasteiger partial charge in [-0.1, -0.05) is 64.7 Å². The third-order valence-corrected chi connectivity index (χ3v) is 4.51. The van der Waals surface area contributed by atoms with Gasteiger partial charge in [0.15, 0.2) is 0 Å². The van der Waals surface area contributed by atoms with Gasteiger partial charge >= 0.3 is 5.97 Å². The molecule has 0 bridgehead atoms. The molecule has 1 atom stereocenters. The molecule has 0 saturated heterocycles. The summed E-state index contributed by atoms with van der Waals surface area (Å²) in [6.07, 6.45) is 13.4. The van der Waals surface area contributed by atoms with Gasteiger partial charge in [0.1, 0.15) is 0 Å². The van der Waals surface area contributed by atoms with E-state index in [4.69, 9.17) is 10.8 Å². The van der Waals surface area contributed by atoms with Gasteiger partial charge in [-0.2, -0.15) is 0 Å². The first-order valence-electron chi connectivity index (χ1n) is 8.06. The van der Waals surface area contributed by atoms with Crippen LogP contribution in [0.3, 0.4) is 0 Å². The van der Waals surface area contributed by atoms with E-state index in [1.807, 2.05) is 0 Å². The first-order chi connectivity index (χ1) is 9.06. The highest BCUT2D eigenvalue weighted by Crippen LogP contribution is 2.29. The fraction of sp³-hybridized carbons (Fsp3) is 0.938. The number of unbranched alkanes of at least 4 members (excludes halogenated alkanes) is 1. The van der Waals surface area contributed by atoms with Crippen molar-refractivity contribution >= 4 is 5.97 Å². The molecule has 0 heterocycles. The number of hydrogen-bond donors (Lipinski definition) is 2. The molecule has 1 aliphatic rings. The second kappa shape index (κ2) is 8.57. The van der Waals surface area contributed by atoms with Crippen molar-refractivity contribution in [1.29, 1.82) is 0 Å². The molecule has 19 heavy (non-hydrogen) atoms. The van der Waals surface area contributed by atoms with Crippen molar-refractivity contribution in [3.63, 3.8) is 0 Å². The van der Waals surface area contributed by atoms with E-state index < -0.39 is 11.5 Å². The highest BCUT2D eigenvalue weighted by Gasteiger charge is 2.26. The summed E-state index contributed by atoms with van der Waals surface area (Å²) in [7, 11) is 0. The SMILES string of the molecule is CCCC(N)(CCCCC1CCCCC1)CC(=O)O. The molecule has 0 spiro atoms. The Bertz CT molecular complexity index is 261. The summed E-state index contributed by atoms with van der Waals surface area (Å²) in [4.78, 5) is 10.9. The van der Waals surface area contributed by atoms with Gasteiger partial charge < -0.3 is 10.8 Å². The van der Waals surface area contributed by atoms with E-state index >= 15 is 0 Å². The van der Waals surface area contributed by atoms with E-state index in [9.17, 15) is 4.79 Å². The maximum atomic E-state index is 10.9. The summed E-state index contributed by atoms with van der Waals surface area (Å²) in [6.45, 7) is 2.07. The number of aliphatic carboxylic acids is 1. The van der Waals surface area contributed by atoms with Gasteiger partial charge in [-0.05, 0) is 18.8 Å². The van der Waals surface area contributed by atoms with E-state index in [-0.39, 0.29) is 6.42 Å². The molecular weight excluding hydrogens is 238 g/mol. The molecule has 3 nitrogen and oxygen atoms in total. The predicted molar refractivity (Wildman–Crippen MR) is 79.1 cm³/mol. The number of nitrogens with two attached hydrogens (primary N) is 1. The van der Waals surface area contributed by atoms with Gasteiger partial charge in [-0.3, -0.25) is 4.79 Å². The van der Waals surface area contributed by atoms with Crippen LogP contribution >= 0.6 is 0 Å². The maximum Gasteiger partial charge on any atom is 0.305 e. The van der Waals surface area contributed by atoms with Crippen molar-refractivity contribution in [2.24, 2.45) is 11.7 Å². The lowest BCUT2D eigenvalue weighted by Gasteiger charge is -2.28. The number of rotatable bonds is 9. The van der Waals surface area contributed by atoms with Crippen LogP contribution in [0.4, 0.5) is 0 Å². The van der Waals surface area contributed by atoms with Gasteiger partial charge in [0.2, 0.25) is 0 Å². The molecule has 0 amide bonds. The minimum absolute atomic E-state index is 0.115. The summed E-state index contributed by atoms with van der Waals surface area (Å²) in [6, 6.07) is 0. The minimum atomic E-state index is -0.761. The van der Waals surface area contributed by atoms with E-state index in [0.717, 1.165) is 31.6 Å². The first-order valence-corrected chi connectivity index (χ1v) is 8.06. The Labute approximate surface area is 118 Å². The zero-order valence-electron chi connectivity index (χ0n) is 12.5. The Balaban J connectivity index is 2.21. The van der Waals surface area contributed by atoms with Crippen molar-refractivity contribution in [3.05, 3.63) is 0 Å². The normalized spacial score (nSPS) is 20.1. The van der Waals surface area contributed by atoms with Crippen LogP contribution in [-0.4, -0.2) is 16.6 Å². The molecule has 1 fully saturated rings. The van der Waals surface area contributed by atoms with Crippen LogP contribution in [0.2, 0.25) is 0 Å². The lowest BCUT2D eigenvalue weighted by atomic mass is 9.82. The summed E-state index contributed by atoms with van der Waals surface area (Å²) < 4.78 is 0. The molecule has 0 aromatic rings. The van der Waals surface area contributed by atoms with E-state index in [2.05, 4.69) is 6.92 Å². The number of carboxylic acids is 1. The average Bonchev–Trinajstić information content (AvgIpc) is 2.35. The fourth-order valence-corrected chi connectivity index (χ4v) is 3.49. The number of carboxylic acid groups (broad SMARTS) is 1. The molecule has 3 N–H and O–H groups in total. The molecule has 0 aliphatic heterocycles. The second-order valence-electron chi connectivity index (χ2n) is 6.43. The zero-order chi connectivity index (χ0) is 14.1. The molecular formula is C16H31NO2. The van der Waals surface area contributed by atoms with Crippen LogP contribution in [0.25, 0.3) is 0 Å². The highest BCUT2D eigenvalue weighted by atomic mass is 16.4. The molecule has 1 saturated carbocycles. The topological polar surface area (TPSA) is 63.3 Å². The Morgan fingerprint density at radius 2 is 1.89 bits per heavy atom. The van der Waals surface area contributed by atoms with Gasteiger partial charge in [-0.15, -0.1) is 0 Å². The Kier molecular flexibility index (Phi) is 7.44. The molecule has 3 heteroatoms. The van der Waals surface area contributed by atoms with Crippen molar-refractivity contribution < 1.29 is 9.90 Å². The summed E-state index contributed by atoms with van der Waals surface area (Å²) in [5, 5.41) is 8.96. The van der Waals surface area contributed by atoms with Crippen molar-refractivity contribution in [3.8, 4) is 0 Å². The van der Waals surface area contributed by atoms with E-state index in [1.165, 1.54) is 44.9 Å². The van der Waals surface area contributed by atoms with E-state index in [0.29, 0.717) is 0 Å². The lowest BCUT2D eigenvalue weighted by Crippen LogP contribution is -2.41. The second-order valence-corrected chi connectivity index (χ2v) is 6.43. The predicted octanol–water partition coefficient (Wildman–Crippen LogP) is 4.10. The average molecular weight is 269 g/mol. The molecule has 1 rings (SSSR count). The lowest BCUT2D eigenvalue weighted by molar-refractivity contribution is -0.138. The number of carbonyl (C=O) groups is 1. The van der Waals surface area contributed by atoms with Crippen LogP contribution in [0, 0.1) is 5.92 Å². The Morgan fingerprint density at radius 1 is 1.21 bits per heavy atom. The number of hydrogen-bond acceptors (Lipinski definition) is 2. The Morgan fingerprint density at radius 3 is 2.47 bits per heavy atom. The van der Waals surface area contributed by atoms with E-state index in [1.54, 1.807) is 0 Å². The van der Waals surface area contributed by atoms with Gasteiger partial charge in [0.05, 0.1) is 6.42 Å². The standard InChI is InChI=1S/C16H31NO2/c1-2-11-16(17,13-15(18)19)12-7-6-10-14-8-4-3-5-9-14/h14H,2-13,17H2,1H3,(H,18,19). The zero-order valence-corrected chi connectivity index (χ0v) is 12.5.